The van der Waals surface area contributed by atoms with Crippen LogP contribution in [-0.2, 0) is 4.74 Å². The molecule has 21 heavy (non-hydrogen) atoms. The lowest BCUT2D eigenvalue weighted by molar-refractivity contribution is 0.0527. The lowest BCUT2D eigenvalue weighted by Crippen LogP contribution is -2.09. The molecule has 0 atom stereocenters. The number of esters is 1. The second kappa shape index (κ2) is 6.53. The fourth-order valence-electron chi connectivity index (χ4n) is 1.58. The van der Waals surface area contributed by atoms with E-state index in [1.165, 1.54) is 30.5 Å². The number of pyridine rings is 1. The molecular weight excluding hydrogens is 343 g/mol. The van der Waals surface area contributed by atoms with Gasteiger partial charge in [0.25, 0.3) is 0 Å². The molecule has 0 saturated heterocycles. The van der Waals surface area contributed by atoms with Gasteiger partial charge in [-0.25, -0.2) is 14.2 Å². The van der Waals surface area contributed by atoms with Gasteiger partial charge >= 0.3 is 5.97 Å². The number of benzene rings is 1. The fraction of sp³-hybridized carbons (Fsp3) is 0.143. The molecule has 0 radical (unpaired) electrons. The van der Waals surface area contributed by atoms with Crippen LogP contribution in [0, 0.1) is 5.82 Å². The molecule has 0 amide bonds. The van der Waals surface area contributed by atoms with Crippen LogP contribution >= 0.6 is 15.9 Å². The Hall–Kier alpha value is -2.15. The molecule has 1 heterocycles. The van der Waals surface area contributed by atoms with Gasteiger partial charge in [0.15, 0.2) is 0 Å². The Labute approximate surface area is 129 Å². The van der Waals surface area contributed by atoms with Crippen molar-refractivity contribution < 1.29 is 18.7 Å². The van der Waals surface area contributed by atoms with Crippen molar-refractivity contribution >= 4 is 27.6 Å². The van der Waals surface area contributed by atoms with E-state index in [-0.39, 0.29) is 29.5 Å². The number of aromatic nitrogens is 1. The quantitative estimate of drug-likeness (QED) is 0.850. The number of nitrogens with zero attached hydrogens (tertiary/aromatic N) is 1. The number of ether oxygens (including phenoxy) is 2. The van der Waals surface area contributed by atoms with E-state index in [2.05, 4.69) is 20.9 Å². The molecule has 5 nitrogen and oxygen atoms in total. The van der Waals surface area contributed by atoms with E-state index in [1.807, 2.05) is 0 Å². The SMILES string of the molecule is CCOC(=O)c1ccnc(Oc2cc(F)ccc2Br)c1N. The summed E-state index contributed by atoms with van der Waals surface area (Å²) in [6, 6.07) is 5.39. The van der Waals surface area contributed by atoms with Gasteiger partial charge in [-0.3, -0.25) is 0 Å². The number of hydrogen-bond donors (Lipinski definition) is 1. The summed E-state index contributed by atoms with van der Waals surface area (Å²) in [7, 11) is 0. The van der Waals surface area contributed by atoms with Crippen molar-refractivity contribution in [1.29, 1.82) is 0 Å². The van der Waals surface area contributed by atoms with Gasteiger partial charge in [-0.1, -0.05) is 0 Å². The van der Waals surface area contributed by atoms with Crippen LogP contribution in [0.5, 0.6) is 11.6 Å². The van der Waals surface area contributed by atoms with Gasteiger partial charge in [0, 0.05) is 12.3 Å². The maximum Gasteiger partial charge on any atom is 0.340 e. The van der Waals surface area contributed by atoms with Crippen molar-refractivity contribution in [1.82, 2.24) is 4.98 Å². The molecule has 0 bridgehead atoms. The molecule has 0 aliphatic rings. The molecule has 110 valence electrons. The number of anilines is 1. The van der Waals surface area contributed by atoms with Crippen molar-refractivity contribution in [3.8, 4) is 11.6 Å². The first-order valence-corrected chi connectivity index (χ1v) is 6.86. The highest BCUT2D eigenvalue weighted by Gasteiger charge is 2.17. The number of carbonyl (C=O) groups excluding carboxylic acids is 1. The highest BCUT2D eigenvalue weighted by molar-refractivity contribution is 9.10. The highest BCUT2D eigenvalue weighted by Crippen LogP contribution is 2.33. The normalized spacial score (nSPS) is 10.2. The van der Waals surface area contributed by atoms with Crippen molar-refractivity contribution in [3.63, 3.8) is 0 Å². The number of nitrogens with two attached hydrogens (primary N) is 1. The minimum Gasteiger partial charge on any atom is -0.462 e. The predicted octanol–water partition coefficient (Wildman–Crippen LogP) is 3.53. The Kier molecular flexibility index (Phi) is 4.74. The zero-order valence-corrected chi connectivity index (χ0v) is 12.7. The molecule has 0 aliphatic heterocycles. The van der Waals surface area contributed by atoms with Gasteiger partial charge in [0.05, 0.1) is 16.6 Å². The topological polar surface area (TPSA) is 74.4 Å². The van der Waals surface area contributed by atoms with Crippen LogP contribution in [0.3, 0.4) is 0 Å². The smallest absolute Gasteiger partial charge is 0.340 e. The molecule has 1 aromatic carbocycles. The van der Waals surface area contributed by atoms with Crippen LogP contribution in [0.15, 0.2) is 34.9 Å². The minimum absolute atomic E-state index is 0.00635. The lowest BCUT2D eigenvalue weighted by atomic mass is 10.2. The minimum atomic E-state index is -0.569. The molecule has 2 N–H and O–H groups in total. The van der Waals surface area contributed by atoms with Gasteiger partial charge < -0.3 is 15.2 Å². The summed E-state index contributed by atoms with van der Waals surface area (Å²) in [6.07, 6.45) is 1.37. The van der Waals surface area contributed by atoms with Gasteiger partial charge in [-0.2, -0.15) is 0 Å². The summed E-state index contributed by atoms with van der Waals surface area (Å²) in [5.74, 6) is -0.823. The van der Waals surface area contributed by atoms with Gasteiger partial charge in [0.2, 0.25) is 5.88 Å². The molecule has 1 aromatic heterocycles. The molecule has 0 fully saturated rings. The van der Waals surface area contributed by atoms with Gasteiger partial charge in [-0.05, 0) is 41.1 Å². The average Bonchev–Trinajstić information content (AvgIpc) is 2.45. The largest absolute Gasteiger partial charge is 0.462 e. The zero-order valence-electron chi connectivity index (χ0n) is 11.1. The molecular formula is C14H12BrFN2O3. The first-order chi connectivity index (χ1) is 10.0. The van der Waals surface area contributed by atoms with Crippen LogP contribution in [0.4, 0.5) is 10.1 Å². The molecule has 0 spiro atoms. The van der Waals surface area contributed by atoms with E-state index in [9.17, 15) is 9.18 Å². The molecule has 0 unspecified atom stereocenters. The van der Waals surface area contributed by atoms with E-state index >= 15 is 0 Å². The summed E-state index contributed by atoms with van der Waals surface area (Å²) < 4.78 is 24.1. The molecule has 2 rings (SSSR count). The summed E-state index contributed by atoms with van der Waals surface area (Å²) in [5.41, 5.74) is 6.04. The fourth-order valence-corrected chi connectivity index (χ4v) is 1.91. The number of rotatable bonds is 4. The maximum absolute atomic E-state index is 13.2. The summed E-state index contributed by atoms with van der Waals surface area (Å²) in [4.78, 5) is 15.7. The second-order valence-corrected chi connectivity index (χ2v) is 4.83. The van der Waals surface area contributed by atoms with Crippen LogP contribution in [0.2, 0.25) is 0 Å². The molecule has 7 heteroatoms. The maximum atomic E-state index is 13.2. The Morgan fingerprint density at radius 2 is 2.19 bits per heavy atom. The number of carbonyl (C=O) groups is 1. The van der Waals surface area contributed by atoms with Crippen LogP contribution < -0.4 is 10.5 Å². The summed E-state index contributed by atoms with van der Waals surface area (Å²) in [6.45, 7) is 1.92. The summed E-state index contributed by atoms with van der Waals surface area (Å²) >= 11 is 3.23. The van der Waals surface area contributed by atoms with E-state index < -0.39 is 11.8 Å². The van der Waals surface area contributed by atoms with Crippen molar-refractivity contribution in [2.24, 2.45) is 0 Å². The standard InChI is InChI=1S/C14H12BrFN2O3/c1-2-20-14(19)9-5-6-18-13(12(9)17)21-11-7-8(16)3-4-10(11)15/h3-7H,2,17H2,1H3. The number of hydrogen-bond acceptors (Lipinski definition) is 5. The van der Waals surface area contributed by atoms with Gasteiger partial charge in [0.1, 0.15) is 17.3 Å². The van der Waals surface area contributed by atoms with E-state index in [0.717, 1.165) is 0 Å². The molecule has 0 saturated carbocycles. The monoisotopic (exact) mass is 354 g/mol. The van der Waals surface area contributed by atoms with Crippen molar-refractivity contribution in [2.45, 2.75) is 6.92 Å². The van der Waals surface area contributed by atoms with E-state index in [4.69, 9.17) is 15.2 Å². The number of nitrogen functional groups attached to an aromatic ring is 1. The second-order valence-electron chi connectivity index (χ2n) is 3.97. The van der Waals surface area contributed by atoms with Crippen molar-refractivity contribution in [3.05, 3.63) is 46.3 Å². The van der Waals surface area contributed by atoms with Gasteiger partial charge in [-0.15, -0.1) is 0 Å². The van der Waals surface area contributed by atoms with Crippen LogP contribution in [0.1, 0.15) is 17.3 Å². The Morgan fingerprint density at radius 3 is 2.90 bits per heavy atom. The van der Waals surface area contributed by atoms with E-state index in [0.29, 0.717) is 4.47 Å². The third kappa shape index (κ3) is 3.49. The molecule has 0 aliphatic carbocycles. The number of halogens is 2. The Bertz CT molecular complexity index is 679. The zero-order chi connectivity index (χ0) is 15.4. The van der Waals surface area contributed by atoms with Crippen LogP contribution in [-0.4, -0.2) is 17.6 Å². The lowest BCUT2D eigenvalue weighted by Gasteiger charge is -2.11. The summed E-state index contributed by atoms with van der Waals surface area (Å²) in [5, 5.41) is 0. The average molecular weight is 355 g/mol. The first kappa shape index (κ1) is 15.2. The Morgan fingerprint density at radius 1 is 1.43 bits per heavy atom. The first-order valence-electron chi connectivity index (χ1n) is 6.07. The predicted molar refractivity (Wildman–Crippen MR) is 78.8 cm³/mol. The van der Waals surface area contributed by atoms with E-state index in [1.54, 1.807) is 6.92 Å². The highest BCUT2D eigenvalue weighted by atomic mass is 79.9. The Balaban J connectivity index is 2.35. The van der Waals surface area contributed by atoms with Crippen molar-refractivity contribution in [2.75, 3.05) is 12.3 Å². The van der Waals surface area contributed by atoms with Crippen LogP contribution in [0.25, 0.3) is 0 Å². The molecule has 2 aromatic rings. The third-order valence-corrected chi connectivity index (χ3v) is 3.20. The third-order valence-electron chi connectivity index (χ3n) is 2.55.